The van der Waals surface area contributed by atoms with Crippen molar-refractivity contribution in [3.8, 4) is 0 Å². The molecule has 10 heteroatoms. The van der Waals surface area contributed by atoms with Gasteiger partial charge in [0.05, 0.1) is 17.6 Å². The number of carbonyl (C=O) groups excluding carboxylic acids is 1. The highest BCUT2D eigenvalue weighted by Gasteiger charge is 2.15. The Labute approximate surface area is 154 Å². The fourth-order valence-electron chi connectivity index (χ4n) is 2.22. The zero-order valence-electron chi connectivity index (χ0n) is 13.7. The summed E-state index contributed by atoms with van der Waals surface area (Å²) in [6.45, 7) is 0.184. The van der Waals surface area contributed by atoms with E-state index in [2.05, 4.69) is 15.6 Å². The number of hydrogen-bond acceptors (Lipinski definition) is 7. The molecule has 2 heterocycles. The summed E-state index contributed by atoms with van der Waals surface area (Å²) in [5.74, 6) is -0.478. The molecule has 0 radical (unpaired) electrons. The van der Waals surface area contributed by atoms with Crippen molar-refractivity contribution in [2.24, 2.45) is 0 Å². The minimum Gasteiger partial charge on any atom is -0.386 e. The third-order valence-corrected chi connectivity index (χ3v) is 5.65. The lowest BCUT2D eigenvalue weighted by Crippen LogP contribution is -2.12. The Kier molecular flexibility index (Phi) is 5.16. The number of rotatable bonds is 6. The highest BCUT2D eigenvalue weighted by molar-refractivity contribution is 7.90. The minimum atomic E-state index is -3.29. The molecule has 8 nitrogen and oxygen atoms in total. The number of sulfone groups is 1. The first-order valence-electron chi connectivity index (χ1n) is 7.56. The maximum Gasteiger partial charge on any atom is 0.277 e. The molecular weight excluding hydrogens is 376 g/mol. The largest absolute Gasteiger partial charge is 0.386 e. The average molecular weight is 392 g/mol. The van der Waals surface area contributed by atoms with Crippen molar-refractivity contribution in [3.63, 3.8) is 0 Å². The zero-order valence-corrected chi connectivity index (χ0v) is 15.4. The second kappa shape index (κ2) is 7.36. The van der Waals surface area contributed by atoms with E-state index in [0.717, 1.165) is 11.1 Å². The molecule has 1 aromatic carbocycles. The lowest BCUT2D eigenvalue weighted by Gasteiger charge is -2.07. The van der Waals surface area contributed by atoms with Gasteiger partial charge in [-0.25, -0.2) is 13.1 Å². The number of nitrogens with zero attached hydrogens (tertiary/aromatic N) is 3. The van der Waals surface area contributed by atoms with Gasteiger partial charge in [0, 0.05) is 16.8 Å². The SMILES string of the molecule is CS(=O)(=O)c1ccc(NC(=O)c2cn(C[C@@H](O)c3cccs3)nn2)cc1. The van der Waals surface area contributed by atoms with Crippen LogP contribution in [0.3, 0.4) is 0 Å². The molecule has 0 unspecified atom stereocenters. The summed E-state index contributed by atoms with van der Waals surface area (Å²) in [5.41, 5.74) is 0.533. The Hall–Kier alpha value is -2.56. The molecule has 26 heavy (non-hydrogen) atoms. The molecule has 136 valence electrons. The standard InChI is InChI=1S/C16H16N4O4S2/c1-26(23,24)12-6-4-11(5-7-12)17-16(22)13-9-20(19-18-13)10-14(21)15-3-2-8-25-15/h2-9,14,21H,10H2,1H3,(H,17,22)/t14-/m1/s1. The fourth-order valence-corrected chi connectivity index (χ4v) is 3.55. The molecule has 0 fully saturated rings. The molecule has 3 aromatic rings. The molecule has 0 aliphatic rings. The van der Waals surface area contributed by atoms with E-state index in [0.29, 0.717) is 5.69 Å². The van der Waals surface area contributed by atoms with Crippen LogP contribution in [-0.4, -0.2) is 40.7 Å². The summed E-state index contributed by atoms with van der Waals surface area (Å²) in [6.07, 6.45) is 1.83. The third kappa shape index (κ3) is 4.34. The predicted octanol–water partition coefficient (Wildman–Crippen LogP) is 1.73. The maximum absolute atomic E-state index is 12.2. The number of aromatic nitrogens is 3. The normalized spacial score (nSPS) is 12.7. The summed E-state index contributed by atoms with van der Waals surface area (Å²) in [6, 6.07) is 9.50. The van der Waals surface area contributed by atoms with Gasteiger partial charge < -0.3 is 10.4 Å². The second-order valence-corrected chi connectivity index (χ2v) is 8.60. The van der Waals surface area contributed by atoms with E-state index in [1.165, 1.54) is 46.5 Å². The summed E-state index contributed by atoms with van der Waals surface area (Å²) < 4.78 is 24.3. The molecule has 0 saturated carbocycles. The van der Waals surface area contributed by atoms with Crippen LogP contribution in [-0.2, 0) is 16.4 Å². The van der Waals surface area contributed by atoms with Crippen LogP contribution >= 0.6 is 11.3 Å². The van der Waals surface area contributed by atoms with E-state index in [1.54, 1.807) is 0 Å². The van der Waals surface area contributed by atoms with Crippen LogP contribution in [0, 0.1) is 0 Å². The van der Waals surface area contributed by atoms with Crippen LogP contribution in [0.2, 0.25) is 0 Å². The lowest BCUT2D eigenvalue weighted by atomic mass is 10.3. The molecular formula is C16H16N4O4S2. The Morgan fingerprint density at radius 1 is 1.31 bits per heavy atom. The van der Waals surface area contributed by atoms with Crippen molar-refractivity contribution in [3.05, 3.63) is 58.5 Å². The van der Waals surface area contributed by atoms with Crippen LogP contribution in [0.25, 0.3) is 0 Å². The Bertz CT molecular complexity index is 995. The first-order chi connectivity index (χ1) is 12.3. The number of carbonyl (C=O) groups is 1. The summed E-state index contributed by atoms with van der Waals surface area (Å²) >= 11 is 1.43. The van der Waals surface area contributed by atoms with Gasteiger partial charge in [0.1, 0.15) is 6.10 Å². The first-order valence-corrected chi connectivity index (χ1v) is 10.3. The zero-order chi connectivity index (χ0) is 18.7. The molecule has 1 atom stereocenters. The average Bonchev–Trinajstić information content (AvgIpc) is 3.26. The second-order valence-electron chi connectivity index (χ2n) is 5.61. The van der Waals surface area contributed by atoms with Gasteiger partial charge >= 0.3 is 0 Å². The monoisotopic (exact) mass is 392 g/mol. The summed E-state index contributed by atoms with van der Waals surface area (Å²) in [4.78, 5) is 13.2. The molecule has 0 bridgehead atoms. The summed E-state index contributed by atoms with van der Waals surface area (Å²) in [5, 5.41) is 22.2. The third-order valence-electron chi connectivity index (χ3n) is 3.54. The highest BCUT2D eigenvalue weighted by atomic mass is 32.2. The van der Waals surface area contributed by atoms with Gasteiger partial charge in [-0.05, 0) is 35.7 Å². The Morgan fingerprint density at radius 3 is 2.65 bits per heavy atom. The number of hydrogen-bond donors (Lipinski definition) is 2. The molecule has 0 aliphatic carbocycles. The van der Waals surface area contributed by atoms with E-state index < -0.39 is 21.8 Å². The van der Waals surface area contributed by atoms with E-state index >= 15 is 0 Å². The van der Waals surface area contributed by atoms with Gasteiger partial charge in [-0.3, -0.25) is 4.79 Å². The van der Waals surface area contributed by atoms with Gasteiger partial charge in [-0.15, -0.1) is 16.4 Å². The van der Waals surface area contributed by atoms with E-state index in [4.69, 9.17) is 0 Å². The Morgan fingerprint density at radius 2 is 2.04 bits per heavy atom. The van der Waals surface area contributed by atoms with Crippen LogP contribution in [0.15, 0.2) is 52.9 Å². The predicted molar refractivity (Wildman–Crippen MR) is 96.8 cm³/mol. The number of amides is 1. The molecule has 0 spiro atoms. The first kappa shape index (κ1) is 18.2. The van der Waals surface area contributed by atoms with Crippen molar-refractivity contribution in [2.45, 2.75) is 17.5 Å². The highest BCUT2D eigenvalue weighted by Crippen LogP contribution is 2.20. The number of nitrogens with one attached hydrogen (secondary N) is 1. The molecule has 0 aliphatic heterocycles. The van der Waals surface area contributed by atoms with Crippen LogP contribution < -0.4 is 5.32 Å². The maximum atomic E-state index is 12.2. The fraction of sp³-hybridized carbons (Fsp3) is 0.188. The molecule has 3 rings (SSSR count). The van der Waals surface area contributed by atoms with Gasteiger partial charge in [0.15, 0.2) is 15.5 Å². The van der Waals surface area contributed by atoms with Crippen LogP contribution in [0.4, 0.5) is 5.69 Å². The van der Waals surface area contributed by atoms with Crippen molar-refractivity contribution in [1.29, 1.82) is 0 Å². The van der Waals surface area contributed by atoms with Crippen molar-refractivity contribution in [1.82, 2.24) is 15.0 Å². The Balaban J connectivity index is 1.64. The number of anilines is 1. The quantitative estimate of drug-likeness (QED) is 0.660. The van der Waals surface area contributed by atoms with Crippen molar-refractivity contribution in [2.75, 3.05) is 11.6 Å². The topological polar surface area (TPSA) is 114 Å². The van der Waals surface area contributed by atoms with Gasteiger partial charge in [-0.2, -0.15) is 0 Å². The molecule has 2 N–H and O–H groups in total. The van der Waals surface area contributed by atoms with Crippen LogP contribution in [0.1, 0.15) is 21.5 Å². The van der Waals surface area contributed by atoms with E-state index in [-0.39, 0.29) is 17.1 Å². The number of aliphatic hydroxyl groups excluding tert-OH is 1. The van der Waals surface area contributed by atoms with Crippen LogP contribution in [0.5, 0.6) is 0 Å². The van der Waals surface area contributed by atoms with Gasteiger partial charge in [0.2, 0.25) is 0 Å². The van der Waals surface area contributed by atoms with Crippen molar-refractivity contribution >= 4 is 32.8 Å². The summed E-state index contributed by atoms with van der Waals surface area (Å²) in [7, 11) is -3.29. The lowest BCUT2D eigenvalue weighted by molar-refractivity contribution is 0.102. The van der Waals surface area contributed by atoms with E-state index in [1.807, 2.05) is 17.5 Å². The minimum absolute atomic E-state index is 0.0931. The van der Waals surface area contributed by atoms with Gasteiger partial charge in [-0.1, -0.05) is 11.3 Å². The molecule has 1 amide bonds. The molecule has 0 saturated heterocycles. The number of thiophene rings is 1. The number of benzene rings is 1. The smallest absolute Gasteiger partial charge is 0.277 e. The molecule has 2 aromatic heterocycles. The van der Waals surface area contributed by atoms with Crippen molar-refractivity contribution < 1.29 is 18.3 Å². The van der Waals surface area contributed by atoms with Gasteiger partial charge in [0.25, 0.3) is 5.91 Å². The number of aliphatic hydroxyl groups is 1. The van der Waals surface area contributed by atoms with E-state index in [9.17, 15) is 18.3 Å².